The Morgan fingerprint density at radius 1 is 1.05 bits per heavy atom. The fourth-order valence-electron chi connectivity index (χ4n) is 1.62. The molecule has 0 aliphatic heterocycles. The molecule has 2 N–H and O–H groups in total. The van der Waals surface area contributed by atoms with Crippen molar-refractivity contribution in [3.05, 3.63) is 52.9 Å². The normalized spacial score (nSPS) is 10.0. The molecule has 1 aromatic heterocycles. The van der Waals surface area contributed by atoms with Crippen molar-refractivity contribution < 1.29 is 18.7 Å². The predicted octanol–water partition coefficient (Wildman–Crippen LogP) is 1.97. The Balaban J connectivity index is 1.60. The van der Waals surface area contributed by atoms with Crippen molar-refractivity contribution >= 4 is 27.7 Å². The second kappa shape index (κ2) is 8.23. The zero-order chi connectivity index (χ0) is 15.8. The number of amides is 2. The SMILES string of the molecule is O=C(COc1ccccc1)NCCNC(=O)c1ccc(Br)o1. The van der Waals surface area contributed by atoms with Gasteiger partial charge in [-0.1, -0.05) is 18.2 Å². The molecule has 0 bridgehead atoms. The number of hydrogen-bond acceptors (Lipinski definition) is 4. The highest BCUT2D eigenvalue weighted by Crippen LogP contribution is 2.13. The van der Waals surface area contributed by atoms with Gasteiger partial charge < -0.3 is 19.8 Å². The number of ether oxygens (including phenoxy) is 1. The molecule has 116 valence electrons. The lowest BCUT2D eigenvalue weighted by Gasteiger charge is -2.07. The average Bonchev–Trinajstić information content (AvgIpc) is 2.97. The summed E-state index contributed by atoms with van der Waals surface area (Å²) in [6.45, 7) is 0.544. The van der Waals surface area contributed by atoms with E-state index in [-0.39, 0.29) is 24.2 Å². The van der Waals surface area contributed by atoms with Gasteiger partial charge >= 0.3 is 0 Å². The fourth-order valence-corrected chi connectivity index (χ4v) is 1.92. The molecule has 0 aliphatic rings. The molecule has 0 saturated carbocycles. The van der Waals surface area contributed by atoms with Crippen LogP contribution in [0.1, 0.15) is 10.6 Å². The minimum atomic E-state index is -0.333. The molecular formula is C15H15BrN2O4. The van der Waals surface area contributed by atoms with Gasteiger partial charge in [0.15, 0.2) is 17.0 Å². The van der Waals surface area contributed by atoms with Gasteiger partial charge in [-0.15, -0.1) is 0 Å². The van der Waals surface area contributed by atoms with E-state index in [1.54, 1.807) is 24.3 Å². The summed E-state index contributed by atoms with van der Waals surface area (Å²) >= 11 is 3.12. The van der Waals surface area contributed by atoms with Crippen LogP contribution >= 0.6 is 15.9 Å². The monoisotopic (exact) mass is 366 g/mol. The summed E-state index contributed by atoms with van der Waals surface area (Å²) in [4.78, 5) is 23.2. The number of halogens is 1. The minimum Gasteiger partial charge on any atom is -0.484 e. The van der Waals surface area contributed by atoms with Gasteiger partial charge in [0.05, 0.1) is 0 Å². The summed E-state index contributed by atoms with van der Waals surface area (Å²) < 4.78 is 10.9. The van der Waals surface area contributed by atoms with Gasteiger partial charge in [0.2, 0.25) is 0 Å². The second-order valence-corrected chi connectivity index (χ2v) is 5.09. The maximum Gasteiger partial charge on any atom is 0.287 e. The van der Waals surface area contributed by atoms with Gasteiger partial charge in [-0.3, -0.25) is 9.59 Å². The topological polar surface area (TPSA) is 80.6 Å². The van der Waals surface area contributed by atoms with Crippen LogP contribution in [0.3, 0.4) is 0 Å². The molecule has 0 radical (unpaired) electrons. The highest BCUT2D eigenvalue weighted by molar-refractivity contribution is 9.10. The van der Waals surface area contributed by atoms with Crippen LogP contribution in [0.15, 0.2) is 51.6 Å². The van der Waals surface area contributed by atoms with Crippen molar-refractivity contribution in [3.63, 3.8) is 0 Å². The fraction of sp³-hybridized carbons (Fsp3) is 0.200. The van der Waals surface area contributed by atoms with Crippen LogP contribution in [0.5, 0.6) is 5.75 Å². The molecular weight excluding hydrogens is 352 g/mol. The van der Waals surface area contributed by atoms with Gasteiger partial charge in [-0.25, -0.2) is 0 Å². The van der Waals surface area contributed by atoms with Crippen LogP contribution < -0.4 is 15.4 Å². The van der Waals surface area contributed by atoms with E-state index in [0.717, 1.165) is 0 Å². The minimum absolute atomic E-state index is 0.0664. The number of nitrogens with one attached hydrogen (secondary N) is 2. The number of hydrogen-bond donors (Lipinski definition) is 2. The van der Waals surface area contributed by atoms with Crippen LogP contribution in [0.2, 0.25) is 0 Å². The van der Waals surface area contributed by atoms with E-state index < -0.39 is 0 Å². The molecule has 0 unspecified atom stereocenters. The Hall–Kier alpha value is -2.28. The van der Waals surface area contributed by atoms with E-state index in [2.05, 4.69) is 26.6 Å². The van der Waals surface area contributed by atoms with E-state index in [9.17, 15) is 9.59 Å². The molecule has 2 amide bonds. The van der Waals surface area contributed by atoms with Gasteiger partial charge in [0, 0.05) is 13.1 Å². The summed E-state index contributed by atoms with van der Waals surface area (Å²) in [5.74, 6) is 0.263. The predicted molar refractivity (Wildman–Crippen MR) is 83.7 cm³/mol. The van der Waals surface area contributed by atoms with Crippen molar-refractivity contribution in [2.75, 3.05) is 19.7 Å². The summed E-state index contributed by atoms with van der Waals surface area (Å²) in [5, 5.41) is 5.28. The van der Waals surface area contributed by atoms with E-state index in [4.69, 9.17) is 9.15 Å². The average molecular weight is 367 g/mol. The van der Waals surface area contributed by atoms with Crippen LogP contribution in [0, 0.1) is 0 Å². The highest BCUT2D eigenvalue weighted by Gasteiger charge is 2.09. The van der Waals surface area contributed by atoms with Gasteiger partial charge in [-0.2, -0.15) is 0 Å². The maximum absolute atomic E-state index is 11.7. The molecule has 0 saturated heterocycles. The van der Waals surface area contributed by atoms with Crippen molar-refractivity contribution in [1.82, 2.24) is 10.6 Å². The van der Waals surface area contributed by atoms with Crippen molar-refractivity contribution in [1.29, 1.82) is 0 Å². The van der Waals surface area contributed by atoms with Gasteiger partial charge in [0.1, 0.15) is 5.75 Å². The molecule has 2 rings (SSSR count). The lowest BCUT2D eigenvalue weighted by molar-refractivity contribution is -0.123. The first kappa shape index (κ1) is 16.1. The number of para-hydroxylation sites is 1. The molecule has 0 atom stereocenters. The molecule has 1 aromatic carbocycles. The molecule has 0 fully saturated rings. The van der Waals surface area contributed by atoms with E-state index >= 15 is 0 Å². The Labute approximate surface area is 136 Å². The van der Waals surface area contributed by atoms with Crippen LogP contribution in [0.25, 0.3) is 0 Å². The van der Waals surface area contributed by atoms with E-state index in [1.165, 1.54) is 0 Å². The third kappa shape index (κ3) is 5.25. The Morgan fingerprint density at radius 3 is 2.45 bits per heavy atom. The number of rotatable bonds is 7. The standard InChI is InChI=1S/C15H15BrN2O4/c16-13-7-6-12(22-13)15(20)18-9-8-17-14(19)10-21-11-4-2-1-3-5-11/h1-7H,8-10H2,(H,17,19)(H,18,20). The summed E-state index contributed by atoms with van der Waals surface area (Å²) in [6, 6.07) is 12.3. The molecule has 22 heavy (non-hydrogen) atoms. The van der Waals surface area contributed by atoms with Crippen molar-refractivity contribution in [2.45, 2.75) is 0 Å². The summed E-state index contributed by atoms with van der Waals surface area (Å²) in [6.07, 6.45) is 0. The zero-order valence-electron chi connectivity index (χ0n) is 11.7. The number of carbonyl (C=O) groups excluding carboxylic acids is 2. The molecule has 2 aromatic rings. The van der Waals surface area contributed by atoms with Crippen molar-refractivity contribution in [3.8, 4) is 5.75 Å². The Kier molecular flexibility index (Phi) is 6.02. The molecule has 0 aliphatic carbocycles. The second-order valence-electron chi connectivity index (χ2n) is 4.31. The van der Waals surface area contributed by atoms with Crippen LogP contribution in [0.4, 0.5) is 0 Å². The highest BCUT2D eigenvalue weighted by atomic mass is 79.9. The van der Waals surface area contributed by atoms with E-state index in [0.29, 0.717) is 23.5 Å². The Bertz CT molecular complexity index is 627. The maximum atomic E-state index is 11.7. The molecule has 1 heterocycles. The molecule has 7 heteroatoms. The third-order valence-corrected chi connectivity index (χ3v) is 3.07. The first-order chi connectivity index (χ1) is 10.6. The first-order valence-electron chi connectivity index (χ1n) is 6.63. The quantitative estimate of drug-likeness (QED) is 0.734. The molecule has 0 spiro atoms. The number of benzene rings is 1. The number of furan rings is 1. The van der Waals surface area contributed by atoms with Crippen LogP contribution in [-0.2, 0) is 4.79 Å². The van der Waals surface area contributed by atoms with Gasteiger partial charge in [-0.05, 0) is 40.2 Å². The zero-order valence-corrected chi connectivity index (χ0v) is 13.3. The smallest absolute Gasteiger partial charge is 0.287 e. The summed E-state index contributed by atoms with van der Waals surface area (Å²) in [7, 11) is 0. The molecule has 6 nitrogen and oxygen atoms in total. The number of carbonyl (C=O) groups is 2. The Morgan fingerprint density at radius 2 is 1.77 bits per heavy atom. The lowest BCUT2D eigenvalue weighted by Crippen LogP contribution is -2.36. The van der Waals surface area contributed by atoms with Gasteiger partial charge in [0.25, 0.3) is 11.8 Å². The lowest BCUT2D eigenvalue weighted by atomic mass is 10.3. The third-order valence-electron chi connectivity index (χ3n) is 2.64. The summed E-state index contributed by atoms with van der Waals surface area (Å²) in [5.41, 5.74) is 0. The first-order valence-corrected chi connectivity index (χ1v) is 7.42. The van der Waals surface area contributed by atoms with Crippen LogP contribution in [-0.4, -0.2) is 31.5 Å². The van der Waals surface area contributed by atoms with Crippen molar-refractivity contribution in [2.24, 2.45) is 0 Å². The van der Waals surface area contributed by atoms with E-state index in [1.807, 2.05) is 18.2 Å². The largest absolute Gasteiger partial charge is 0.484 e.